The van der Waals surface area contributed by atoms with Crippen molar-refractivity contribution in [3.8, 4) is 0 Å². The number of hydrogen-bond acceptors (Lipinski definition) is 6. The molecule has 0 unspecified atom stereocenters. The third-order valence-electron chi connectivity index (χ3n) is 3.57. The van der Waals surface area contributed by atoms with Crippen LogP contribution in [0.2, 0.25) is 0 Å². The van der Waals surface area contributed by atoms with E-state index in [4.69, 9.17) is 0 Å². The van der Waals surface area contributed by atoms with Crippen LogP contribution in [-0.4, -0.2) is 24.4 Å². The molecule has 0 atom stereocenters. The molecule has 0 bridgehead atoms. The van der Waals surface area contributed by atoms with Crippen molar-refractivity contribution in [2.45, 2.75) is 33.2 Å². The molecule has 0 aliphatic carbocycles. The number of anilines is 1. The van der Waals surface area contributed by atoms with Crippen LogP contribution in [0.3, 0.4) is 0 Å². The molecule has 0 aromatic carbocycles. The fraction of sp³-hybridized carbons (Fsp3) is 0.429. The number of nitrogens with one attached hydrogen (secondary N) is 1. The van der Waals surface area contributed by atoms with E-state index in [0.717, 1.165) is 29.8 Å². The predicted octanol–water partition coefficient (Wildman–Crippen LogP) is 1.76. The Morgan fingerprint density at radius 2 is 2.23 bits per heavy atom. The maximum absolute atomic E-state index is 12.0. The van der Waals surface area contributed by atoms with E-state index in [0.29, 0.717) is 16.6 Å². The Balaban J connectivity index is 1.84. The topological polar surface area (TPSA) is 77.1 Å². The zero-order valence-electron chi connectivity index (χ0n) is 12.8. The van der Waals surface area contributed by atoms with Crippen LogP contribution in [0.25, 0.3) is 4.96 Å². The lowest BCUT2D eigenvalue weighted by Gasteiger charge is -2.01. The summed E-state index contributed by atoms with van der Waals surface area (Å²) in [6, 6.07) is 1.56. The maximum atomic E-state index is 12.0. The van der Waals surface area contributed by atoms with E-state index in [2.05, 4.69) is 27.4 Å². The third kappa shape index (κ3) is 2.74. The first-order chi connectivity index (χ1) is 10.6. The van der Waals surface area contributed by atoms with Gasteiger partial charge in [-0.05, 0) is 13.3 Å². The fourth-order valence-electron chi connectivity index (χ4n) is 2.20. The Morgan fingerprint density at radius 1 is 1.41 bits per heavy atom. The third-order valence-corrected chi connectivity index (χ3v) is 4.44. The normalized spacial score (nSPS) is 11.2. The van der Waals surface area contributed by atoms with Crippen LogP contribution in [0.1, 0.15) is 30.3 Å². The van der Waals surface area contributed by atoms with Gasteiger partial charge in [0.25, 0.3) is 5.56 Å². The Morgan fingerprint density at radius 3 is 2.91 bits per heavy atom. The molecule has 3 rings (SSSR count). The number of aromatic nitrogens is 5. The minimum atomic E-state index is -0.129. The molecule has 22 heavy (non-hydrogen) atoms. The monoisotopic (exact) mass is 318 g/mol. The van der Waals surface area contributed by atoms with E-state index in [1.807, 2.05) is 24.9 Å². The average Bonchev–Trinajstić information content (AvgIpc) is 3.03. The molecule has 3 aromatic heterocycles. The number of nitrogens with zero attached hydrogens (tertiary/aromatic N) is 5. The van der Waals surface area contributed by atoms with Gasteiger partial charge in [0.1, 0.15) is 0 Å². The highest BCUT2D eigenvalue weighted by Gasteiger charge is 2.10. The van der Waals surface area contributed by atoms with Gasteiger partial charge in [-0.15, -0.1) is 5.10 Å². The van der Waals surface area contributed by atoms with Crippen molar-refractivity contribution in [3.63, 3.8) is 0 Å². The van der Waals surface area contributed by atoms with E-state index < -0.39 is 0 Å². The second-order valence-electron chi connectivity index (χ2n) is 5.17. The lowest BCUT2D eigenvalue weighted by molar-refractivity contribution is 0.738. The molecular formula is C14H18N6OS. The van der Waals surface area contributed by atoms with E-state index in [1.165, 1.54) is 15.9 Å². The van der Waals surface area contributed by atoms with Crippen molar-refractivity contribution >= 4 is 21.4 Å². The van der Waals surface area contributed by atoms with Gasteiger partial charge < -0.3 is 5.32 Å². The SMILES string of the molecule is CCCc1cc(=O)n2nc(NCc3cnn(C)c3C)sc2n1. The van der Waals surface area contributed by atoms with Crippen LogP contribution in [0.4, 0.5) is 5.13 Å². The van der Waals surface area contributed by atoms with Gasteiger partial charge in [-0.1, -0.05) is 24.7 Å². The molecule has 8 heteroatoms. The fourth-order valence-corrected chi connectivity index (χ4v) is 3.02. The molecule has 3 aromatic rings. The van der Waals surface area contributed by atoms with Gasteiger partial charge >= 0.3 is 0 Å². The molecule has 116 valence electrons. The van der Waals surface area contributed by atoms with Crippen molar-refractivity contribution < 1.29 is 0 Å². The number of hydrogen-bond donors (Lipinski definition) is 1. The number of rotatable bonds is 5. The molecule has 0 aliphatic rings. The van der Waals surface area contributed by atoms with Gasteiger partial charge in [-0.2, -0.15) is 9.61 Å². The Bertz CT molecular complexity index is 862. The van der Waals surface area contributed by atoms with E-state index in [1.54, 1.807) is 6.07 Å². The molecule has 7 nitrogen and oxygen atoms in total. The van der Waals surface area contributed by atoms with Crippen LogP contribution in [-0.2, 0) is 20.0 Å². The Kier molecular flexibility index (Phi) is 3.93. The lowest BCUT2D eigenvalue weighted by Crippen LogP contribution is -2.15. The van der Waals surface area contributed by atoms with Gasteiger partial charge in [0.2, 0.25) is 10.1 Å². The van der Waals surface area contributed by atoms with E-state index in [9.17, 15) is 4.79 Å². The molecule has 0 amide bonds. The van der Waals surface area contributed by atoms with Gasteiger partial charge in [0.05, 0.1) is 6.20 Å². The molecular weight excluding hydrogens is 300 g/mol. The predicted molar refractivity (Wildman–Crippen MR) is 86.4 cm³/mol. The van der Waals surface area contributed by atoms with Crippen molar-refractivity contribution in [1.82, 2.24) is 24.4 Å². The van der Waals surface area contributed by atoms with E-state index >= 15 is 0 Å². The maximum Gasteiger partial charge on any atom is 0.275 e. The first-order valence-corrected chi connectivity index (χ1v) is 8.01. The Hall–Kier alpha value is -2.22. The van der Waals surface area contributed by atoms with Crippen LogP contribution in [0.5, 0.6) is 0 Å². The molecule has 0 radical (unpaired) electrons. The quantitative estimate of drug-likeness (QED) is 0.775. The van der Waals surface area contributed by atoms with Crippen molar-refractivity contribution in [1.29, 1.82) is 0 Å². The molecule has 0 saturated heterocycles. The second kappa shape index (κ2) is 5.88. The summed E-state index contributed by atoms with van der Waals surface area (Å²) in [4.78, 5) is 17.2. The standard InChI is InChI=1S/C14H18N6OS/c1-4-5-11-6-12(21)20-14(17-11)22-13(18-20)15-7-10-8-16-19(3)9(10)2/h6,8H,4-5,7H2,1-3H3,(H,15,18). The highest BCUT2D eigenvalue weighted by atomic mass is 32.1. The zero-order chi connectivity index (χ0) is 15.7. The van der Waals surface area contributed by atoms with Crippen LogP contribution in [0, 0.1) is 6.92 Å². The first kappa shape index (κ1) is 14.7. The summed E-state index contributed by atoms with van der Waals surface area (Å²) in [5.74, 6) is 0. The number of fused-ring (bicyclic) bond motifs is 1. The molecule has 1 N–H and O–H groups in total. The highest BCUT2D eigenvalue weighted by molar-refractivity contribution is 7.20. The van der Waals surface area contributed by atoms with Crippen molar-refractivity contribution in [3.05, 3.63) is 39.6 Å². The number of aryl methyl sites for hydroxylation is 2. The smallest absolute Gasteiger partial charge is 0.275 e. The average molecular weight is 318 g/mol. The summed E-state index contributed by atoms with van der Waals surface area (Å²) in [5, 5.41) is 12.4. The van der Waals surface area contributed by atoms with Crippen molar-refractivity contribution in [2.24, 2.45) is 7.05 Å². The molecule has 0 saturated carbocycles. The van der Waals surface area contributed by atoms with Gasteiger partial charge in [-0.25, -0.2) is 4.98 Å². The van der Waals surface area contributed by atoms with Gasteiger partial charge in [-0.3, -0.25) is 9.48 Å². The molecule has 0 spiro atoms. The minimum absolute atomic E-state index is 0.129. The Labute approximate surface area is 131 Å². The zero-order valence-corrected chi connectivity index (χ0v) is 13.6. The second-order valence-corrected chi connectivity index (χ2v) is 6.13. The summed E-state index contributed by atoms with van der Waals surface area (Å²) in [6.07, 6.45) is 3.60. The summed E-state index contributed by atoms with van der Waals surface area (Å²) in [7, 11) is 1.91. The van der Waals surface area contributed by atoms with Gasteiger partial charge in [0.15, 0.2) is 0 Å². The van der Waals surface area contributed by atoms with E-state index in [-0.39, 0.29) is 5.56 Å². The first-order valence-electron chi connectivity index (χ1n) is 7.19. The van der Waals surface area contributed by atoms with Crippen LogP contribution < -0.4 is 10.9 Å². The lowest BCUT2D eigenvalue weighted by atomic mass is 10.2. The molecule has 0 fully saturated rings. The van der Waals surface area contributed by atoms with Crippen molar-refractivity contribution in [2.75, 3.05) is 5.32 Å². The largest absolute Gasteiger partial charge is 0.356 e. The summed E-state index contributed by atoms with van der Waals surface area (Å²) in [5.41, 5.74) is 2.91. The van der Waals surface area contributed by atoms with Crippen LogP contribution in [0.15, 0.2) is 17.1 Å². The minimum Gasteiger partial charge on any atom is -0.356 e. The van der Waals surface area contributed by atoms with Gasteiger partial charge in [0, 0.05) is 36.6 Å². The highest BCUT2D eigenvalue weighted by Crippen LogP contribution is 2.18. The summed E-state index contributed by atoms with van der Waals surface area (Å²) < 4.78 is 3.18. The molecule has 0 aliphatic heterocycles. The van der Waals surface area contributed by atoms with Crippen LogP contribution >= 0.6 is 11.3 Å². The molecule has 3 heterocycles. The summed E-state index contributed by atoms with van der Waals surface area (Å²) >= 11 is 1.39. The summed E-state index contributed by atoms with van der Waals surface area (Å²) in [6.45, 7) is 4.71.